The summed E-state index contributed by atoms with van der Waals surface area (Å²) in [6, 6.07) is 1.31. The Bertz CT molecular complexity index is 480. The number of aliphatic hydroxyl groups is 2. The Labute approximate surface area is 102 Å². The molecule has 1 aliphatic heterocycles. The van der Waals surface area contributed by atoms with Crippen molar-refractivity contribution in [3.8, 4) is 0 Å². The second-order valence-corrected chi connectivity index (χ2v) is 4.07. The molecular formula is C11H12N2O5. The van der Waals surface area contributed by atoms with Gasteiger partial charge in [0, 0.05) is 25.5 Å². The Kier molecular flexibility index (Phi) is 3.26. The molecule has 18 heavy (non-hydrogen) atoms. The number of nitrogens with zero attached hydrogens (tertiary/aromatic N) is 2. The van der Waals surface area contributed by atoms with Crippen molar-refractivity contribution >= 4 is 11.9 Å². The van der Waals surface area contributed by atoms with Gasteiger partial charge >= 0.3 is 5.97 Å². The summed E-state index contributed by atoms with van der Waals surface area (Å²) < 4.78 is 0. The summed E-state index contributed by atoms with van der Waals surface area (Å²) >= 11 is 0. The minimum atomic E-state index is -1.24. The van der Waals surface area contributed by atoms with Crippen molar-refractivity contribution < 1.29 is 24.9 Å². The molecule has 1 aromatic rings. The zero-order valence-electron chi connectivity index (χ0n) is 9.35. The monoisotopic (exact) mass is 252 g/mol. The highest BCUT2D eigenvalue weighted by atomic mass is 16.4. The standard InChI is InChI=1S/C11H12N2O5/c14-8-4-13(5-9(8)15)10(16)6-1-2-12-3-7(6)11(17)18/h1-3,8-9,14-15H,4-5H2,(H,17,18). The summed E-state index contributed by atoms with van der Waals surface area (Å²) in [6.45, 7) is -0.0250. The minimum absolute atomic E-state index is 0.00111. The van der Waals surface area contributed by atoms with Crippen molar-refractivity contribution in [2.75, 3.05) is 13.1 Å². The third kappa shape index (κ3) is 2.18. The zero-order chi connectivity index (χ0) is 13.3. The fourth-order valence-electron chi connectivity index (χ4n) is 1.86. The molecule has 2 rings (SSSR count). The zero-order valence-corrected chi connectivity index (χ0v) is 9.35. The number of likely N-dealkylation sites (tertiary alicyclic amines) is 1. The van der Waals surface area contributed by atoms with Gasteiger partial charge in [-0.15, -0.1) is 0 Å². The van der Waals surface area contributed by atoms with Gasteiger partial charge in [0.1, 0.15) is 0 Å². The molecule has 1 amide bonds. The molecule has 7 heteroatoms. The fraction of sp³-hybridized carbons (Fsp3) is 0.364. The van der Waals surface area contributed by atoms with Gasteiger partial charge in [-0.2, -0.15) is 0 Å². The molecule has 2 unspecified atom stereocenters. The molecule has 1 aliphatic rings. The number of aliphatic hydroxyl groups excluding tert-OH is 2. The van der Waals surface area contributed by atoms with Crippen LogP contribution in [0.3, 0.4) is 0 Å². The molecule has 96 valence electrons. The number of rotatable bonds is 2. The van der Waals surface area contributed by atoms with E-state index in [4.69, 9.17) is 5.11 Å². The first-order chi connectivity index (χ1) is 8.50. The van der Waals surface area contributed by atoms with E-state index in [-0.39, 0.29) is 24.2 Å². The summed E-state index contributed by atoms with van der Waals surface area (Å²) in [5.41, 5.74) is -0.197. The lowest BCUT2D eigenvalue weighted by molar-refractivity contribution is 0.0572. The van der Waals surface area contributed by atoms with Crippen LogP contribution in [0.5, 0.6) is 0 Å². The lowest BCUT2D eigenvalue weighted by Crippen LogP contribution is -2.31. The average molecular weight is 252 g/mol. The normalized spacial score (nSPS) is 23.1. The lowest BCUT2D eigenvalue weighted by atomic mass is 10.1. The Morgan fingerprint density at radius 3 is 2.39 bits per heavy atom. The molecule has 0 aromatic carbocycles. The Hall–Kier alpha value is -1.99. The second-order valence-electron chi connectivity index (χ2n) is 4.07. The van der Waals surface area contributed by atoms with Gasteiger partial charge in [0.25, 0.3) is 5.91 Å². The smallest absolute Gasteiger partial charge is 0.338 e. The summed E-state index contributed by atoms with van der Waals surface area (Å²) in [7, 11) is 0. The largest absolute Gasteiger partial charge is 0.478 e. The van der Waals surface area contributed by atoms with Crippen LogP contribution in [0.15, 0.2) is 18.5 Å². The molecule has 0 aliphatic carbocycles. The van der Waals surface area contributed by atoms with Crippen molar-refractivity contribution in [2.24, 2.45) is 0 Å². The molecule has 2 heterocycles. The molecule has 0 bridgehead atoms. The molecular weight excluding hydrogens is 240 g/mol. The number of carbonyl (C=O) groups is 2. The molecule has 1 aromatic heterocycles. The number of carboxylic acid groups (broad SMARTS) is 1. The first-order valence-electron chi connectivity index (χ1n) is 5.33. The maximum atomic E-state index is 12.1. The van der Waals surface area contributed by atoms with Crippen LogP contribution >= 0.6 is 0 Å². The first kappa shape index (κ1) is 12.5. The van der Waals surface area contributed by atoms with Gasteiger partial charge in [-0.05, 0) is 6.07 Å². The molecule has 7 nitrogen and oxygen atoms in total. The van der Waals surface area contributed by atoms with E-state index < -0.39 is 24.1 Å². The second kappa shape index (κ2) is 4.71. The predicted molar refractivity (Wildman–Crippen MR) is 59.1 cm³/mol. The fourth-order valence-corrected chi connectivity index (χ4v) is 1.86. The van der Waals surface area contributed by atoms with Gasteiger partial charge in [0.05, 0.1) is 23.3 Å². The topological polar surface area (TPSA) is 111 Å². The van der Waals surface area contributed by atoms with E-state index in [0.717, 1.165) is 6.20 Å². The van der Waals surface area contributed by atoms with Gasteiger partial charge in [-0.3, -0.25) is 9.78 Å². The first-order valence-corrected chi connectivity index (χ1v) is 5.33. The van der Waals surface area contributed by atoms with Crippen LogP contribution in [0.1, 0.15) is 20.7 Å². The molecule has 1 saturated heterocycles. The van der Waals surface area contributed by atoms with Crippen LogP contribution in [-0.2, 0) is 0 Å². The molecule has 0 spiro atoms. The van der Waals surface area contributed by atoms with E-state index in [1.807, 2.05) is 0 Å². The number of aromatic carboxylic acids is 1. The average Bonchev–Trinajstić information content (AvgIpc) is 2.68. The third-order valence-corrected chi connectivity index (χ3v) is 2.83. The van der Waals surface area contributed by atoms with Crippen molar-refractivity contribution in [1.29, 1.82) is 0 Å². The van der Waals surface area contributed by atoms with Crippen molar-refractivity contribution in [3.63, 3.8) is 0 Å². The van der Waals surface area contributed by atoms with E-state index in [2.05, 4.69) is 4.98 Å². The maximum Gasteiger partial charge on any atom is 0.338 e. The summed E-state index contributed by atoms with van der Waals surface area (Å²) in [6.07, 6.45) is 0.425. The molecule has 0 saturated carbocycles. The number of hydrogen-bond donors (Lipinski definition) is 3. The Morgan fingerprint density at radius 1 is 1.22 bits per heavy atom. The summed E-state index contributed by atoms with van der Waals surface area (Å²) in [5, 5.41) is 27.7. The molecule has 1 fully saturated rings. The Morgan fingerprint density at radius 2 is 1.83 bits per heavy atom. The quantitative estimate of drug-likeness (QED) is 0.620. The Balaban J connectivity index is 2.27. The van der Waals surface area contributed by atoms with Crippen LogP contribution in [0.25, 0.3) is 0 Å². The number of aromatic nitrogens is 1. The van der Waals surface area contributed by atoms with Crippen LogP contribution in [0.2, 0.25) is 0 Å². The van der Waals surface area contributed by atoms with Gasteiger partial charge in [-0.1, -0.05) is 0 Å². The lowest BCUT2D eigenvalue weighted by Gasteiger charge is -2.16. The van der Waals surface area contributed by atoms with Crippen LogP contribution in [-0.4, -0.2) is 62.4 Å². The third-order valence-electron chi connectivity index (χ3n) is 2.83. The maximum absolute atomic E-state index is 12.1. The van der Waals surface area contributed by atoms with Gasteiger partial charge in [0.15, 0.2) is 0 Å². The number of hydrogen-bond acceptors (Lipinski definition) is 5. The number of β-amino-alcohol motifs (C(OH)–C–C–N with tert-alkyl or cyclic N) is 2. The molecule has 2 atom stereocenters. The van der Waals surface area contributed by atoms with Crippen molar-refractivity contribution in [1.82, 2.24) is 9.88 Å². The van der Waals surface area contributed by atoms with Crippen molar-refractivity contribution in [2.45, 2.75) is 12.2 Å². The van der Waals surface area contributed by atoms with Crippen LogP contribution in [0.4, 0.5) is 0 Å². The van der Waals surface area contributed by atoms with Gasteiger partial charge in [0.2, 0.25) is 0 Å². The van der Waals surface area contributed by atoms with E-state index in [1.54, 1.807) is 0 Å². The summed E-state index contributed by atoms with van der Waals surface area (Å²) in [4.78, 5) is 27.9. The number of carboxylic acids is 1. The van der Waals surface area contributed by atoms with E-state index in [9.17, 15) is 19.8 Å². The number of pyridine rings is 1. The molecule has 3 N–H and O–H groups in total. The highest BCUT2D eigenvalue weighted by molar-refractivity contribution is 6.04. The number of amides is 1. The summed E-state index contributed by atoms with van der Waals surface area (Å²) in [5.74, 6) is -1.78. The van der Waals surface area contributed by atoms with E-state index in [1.165, 1.54) is 17.2 Å². The van der Waals surface area contributed by atoms with E-state index >= 15 is 0 Å². The minimum Gasteiger partial charge on any atom is -0.478 e. The van der Waals surface area contributed by atoms with Crippen LogP contribution < -0.4 is 0 Å². The molecule has 0 radical (unpaired) electrons. The van der Waals surface area contributed by atoms with E-state index in [0.29, 0.717) is 0 Å². The van der Waals surface area contributed by atoms with Gasteiger partial charge < -0.3 is 20.2 Å². The van der Waals surface area contributed by atoms with Crippen LogP contribution in [0, 0.1) is 0 Å². The highest BCUT2D eigenvalue weighted by Gasteiger charge is 2.34. The predicted octanol–water partition coefficient (Wildman–Crippen LogP) is -1.04. The van der Waals surface area contributed by atoms with Gasteiger partial charge in [-0.25, -0.2) is 4.79 Å². The van der Waals surface area contributed by atoms with Crippen molar-refractivity contribution in [3.05, 3.63) is 29.6 Å². The SMILES string of the molecule is O=C(O)c1cnccc1C(=O)N1CC(O)C(O)C1. The number of carbonyl (C=O) groups excluding carboxylic acids is 1. The highest BCUT2D eigenvalue weighted by Crippen LogP contribution is 2.16.